The number of carbonyl (C=O) groups is 1. The Bertz CT molecular complexity index is 563. The molecular weight excluding hydrogens is 240 g/mol. The molecule has 2 aromatic rings. The van der Waals surface area contributed by atoms with Crippen molar-refractivity contribution in [1.82, 2.24) is 4.98 Å². The molecule has 1 aromatic heterocycles. The molecule has 0 aliphatic rings. The van der Waals surface area contributed by atoms with Crippen LogP contribution >= 0.6 is 11.6 Å². The molecule has 1 heterocycles. The molecule has 90 valence electrons. The number of hydrogen-bond donors (Lipinski definition) is 2. The van der Waals surface area contributed by atoms with Gasteiger partial charge in [-0.05, 0) is 18.6 Å². The number of rotatable bonds is 3. The van der Waals surface area contributed by atoms with Gasteiger partial charge in [0, 0.05) is 27.9 Å². The van der Waals surface area contributed by atoms with Gasteiger partial charge in [-0.2, -0.15) is 0 Å². The lowest BCUT2D eigenvalue weighted by molar-refractivity contribution is -0.140. The molecule has 5 heteroatoms. The molecule has 3 N–H and O–H groups in total. The minimum atomic E-state index is -0.243. The Morgan fingerprint density at radius 3 is 3.00 bits per heavy atom. The van der Waals surface area contributed by atoms with Crippen LogP contribution in [0.25, 0.3) is 10.9 Å². The molecule has 0 atom stereocenters. The van der Waals surface area contributed by atoms with Crippen LogP contribution in [0.2, 0.25) is 5.02 Å². The first-order valence-electron chi connectivity index (χ1n) is 5.24. The van der Waals surface area contributed by atoms with Crippen molar-refractivity contribution in [1.29, 1.82) is 0 Å². The number of fused-ring (bicyclic) bond motifs is 1. The number of carbonyl (C=O) groups excluding carboxylic acids is 1. The summed E-state index contributed by atoms with van der Waals surface area (Å²) in [6.07, 6.45) is 0.871. The van der Waals surface area contributed by atoms with Gasteiger partial charge in [-0.15, -0.1) is 0 Å². The number of H-pyrrole nitrogens is 1. The highest BCUT2D eigenvalue weighted by Gasteiger charge is 2.11. The van der Waals surface area contributed by atoms with Gasteiger partial charge >= 0.3 is 5.97 Å². The number of methoxy groups -OCH3 is 1. The average Bonchev–Trinajstić information content (AvgIpc) is 2.61. The van der Waals surface area contributed by atoms with Crippen LogP contribution < -0.4 is 5.73 Å². The Morgan fingerprint density at radius 1 is 1.53 bits per heavy atom. The van der Waals surface area contributed by atoms with Crippen molar-refractivity contribution in [2.24, 2.45) is 0 Å². The van der Waals surface area contributed by atoms with Gasteiger partial charge in [-0.3, -0.25) is 4.79 Å². The maximum absolute atomic E-state index is 11.1. The fourth-order valence-corrected chi connectivity index (χ4v) is 2.02. The largest absolute Gasteiger partial charge is 0.469 e. The fraction of sp³-hybridized carbons (Fsp3) is 0.250. The lowest BCUT2D eigenvalue weighted by atomic mass is 10.1. The second kappa shape index (κ2) is 4.67. The van der Waals surface area contributed by atoms with Crippen molar-refractivity contribution < 1.29 is 9.53 Å². The second-order valence-electron chi connectivity index (χ2n) is 3.78. The number of benzene rings is 1. The van der Waals surface area contributed by atoms with Gasteiger partial charge in [0.1, 0.15) is 5.82 Å². The molecule has 0 saturated heterocycles. The van der Waals surface area contributed by atoms with Crippen molar-refractivity contribution in [3.8, 4) is 0 Å². The average molecular weight is 253 g/mol. The summed E-state index contributed by atoms with van der Waals surface area (Å²) in [5.41, 5.74) is 7.70. The third kappa shape index (κ3) is 2.36. The number of aryl methyl sites for hydroxylation is 1. The summed E-state index contributed by atoms with van der Waals surface area (Å²) >= 11 is 5.90. The molecular formula is C12H13ClN2O2. The molecule has 0 saturated carbocycles. The Morgan fingerprint density at radius 2 is 2.29 bits per heavy atom. The molecule has 2 rings (SSSR count). The van der Waals surface area contributed by atoms with Crippen LogP contribution in [0.3, 0.4) is 0 Å². The highest BCUT2D eigenvalue weighted by atomic mass is 35.5. The molecule has 0 radical (unpaired) electrons. The maximum Gasteiger partial charge on any atom is 0.305 e. The van der Waals surface area contributed by atoms with Gasteiger partial charge < -0.3 is 15.5 Å². The zero-order valence-electron chi connectivity index (χ0n) is 9.42. The van der Waals surface area contributed by atoms with Crippen LogP contribution in [-0.4, -0.2) is 18.1 Å². The summed E-state index contributed by atoms with van der Waals surface area (Å²) in [5.74, 6) is 0.332. The number of nitrogen functional groups attached to an aromatic ring is 1. The van der Waals surface area contributed by atoms with Gasteiger partial charge in [0.2, 0.25) is 0 Å². The zero-order valence-corrected chi connectivity index (χ0v) is 10.2. The van der Waals surface area contributed by atoms with Gasteiger partial charge in [0.25, 0.3) is 0 Å². The molecule has 0 bridgehead atoms. The van der Waals surface area contributed by atoms with Crippen molar-refractivity contribution in [2.45, 2.75) is 12.8 Å². The number of aromatic amines is 1. The van der Waals surface area contributed by atoms with E-state index >= 15 is 0 Å². The molecule has 17 heavy (non-hydrogen) atoms. The van der Waals surface area contributed by atoms with Gasteiger partial charge in [-0.1, -0.05) is 17.7 Å². The van der Waals surface area contributed by atoms with E-state index in [2.05, 4.69) is 9.72 Å². The Balaban J connectivity index is 2.33. The van der Waals surface area contributed by atoms with E-state index in [1.54, 1.807) is 6.07 Å². The van der Waals surface area contributed by atoms with E-state index in [0.717, 1.165) is 16.5 Å². The third-order valence-electron chi connectivity index (χ3n) is 2.71. The van der Waals surface area contributed by atoms with Crippen LogP contribution in [0, 0.1) is 0 Å². The molecule has 0 aliphatic heterocycles. The molecule has 0 unspecified atom stereocenters. The van der Waals surface area contributed by atoms with E-state index in [4.69, 9.17) is 17.3 Å². The summed E-state index contributed by atoms with van der Waals surface area (Å²) in [4.78, 5) is 14.2. The Kier molecular flexibility index (Phi) is 3.24. The van der Waals surface area contributed by atoms with E-state index in [1.165, 1.54) is 7.11 Å². The summed E-state index contributed by atoms with van der Waals surface area (Å²) in [5, 5.41) is 1.65. The topological polar surface area (TPSA) is 68.1 Å². The number of nitrogens with two attached hydrogens (primary N) is 1. The van der Waals surface area contributed by atoms with Crippen molar-refractivity contribution >= 4 is 34.3 Å². The third-order valence-corrected chi connectivity index (χ3v) is 2.94. The number of aromatic nitrogens is 1. The number of esters is 1. The van der Waals surface area contributed by atoms with Crippen LogP contribution in [0.5, 0.6) is 0 Å². The predicted octanol–water partition coefficient (Wildman–Crippen LogP) is 2.51. The first-order chi connectivity index (χ1) is 8.11. The normalized spacial score (nSPS) is 10.7. The zero-order chi connectivity index (χ0) is 12.4. The lowest BCUT2D eigenvalue weighted by Crippen LogP contribution is -2.02. The number of hydrogen-bond acceptors (Lipinski definition) is 3. The van der Waals surface area contributed by atoms with Crippen LogP contribution in [0.4, 0.5) is 5.82 Å². The van der Waals surface area contributed by atoms with E-state index in [0.29, 0.717) is 23.7 Å². The van der Waals surface area contributed by atoms with Crippen molar-refractivity contribution in [3.63, 3.8) is 0 Å². The smallest absolute Gasteiger partial charge is 0.305 e. The minimum absolute atomic E-state index is 0.243. The number of nitrogens with one attached hydrogen (secondary N) is 1. The highest BCUT2D eigenvalue weighted by molar-refractivity contribution is 6.31. The summed E-state index contributed by atoms with van der Waals surface area (Å²) in [6, 6.07) is 5.52. The molecule has 0 fully saturated rings. The summed E-state index contributed by atoms with van der Waals surface area (Å²) < 4.78 is 4.61. The number of ether oxygens (including phenoxy) is 1. The quantitative estimate of drug-likeness (QED) is 0.825. The van der Waals surface area contributed by atoms with Gasteiger partial charge in [0.15, 0.2) is 0 Å². The summed E-state index contributed by atoms with van der Waals surface area (Å²) in [6.45, 7) is 0. The first-order valence-corrected chi connectivity index (χ1v) is 5.62. The van der Waals surface area contributed by atoms with Crippen molar-refractivity contribution in [3.05, 3.63) is 28.8 Å². The van der Waals surface area contributed by atoms with Gasteiger partial charge in [0.05, 0.1) is 7.11 Å². The number of halogens is 1. The molecule has 0 amide bonds. The van der Waals surface area contributed by atoms with E-state index < -0.39 is 0 Å². The lowest BCUT2D eigenvalue weighted by Gasteiger charge is -2.00. The van der Waals surface area contributed by atoms with Crippen LogP contribution in [-0.2, 0) is 16.0 Å². The second-order valence-corrected chi connectivity index (χ2v) is 4.22. The van der Waals surface area contributed by atoms with Gasteiger partial charge in [-0.25, -0.2) is 0 Å². The Labute approximate surface area is 104 Å². The Hall–Kier alpha value is -1.68. The minimum Gasteiger partial charge on any atom is -0.469 e. The monoisotopic (exact) mass is 252 g/mol. The summed E-state index contributed by atoms with van der Waals surface area (Å²) in [7, 11) is 1.38. The molecule has 0 spiro atoms. The number of anilines is 1. The molecule has 1 aromatic carbocycles. The van der Waals surface area contributed by atoms with Crippen LogP contribution in [0.15, 0.2) is 18.2 Å². The van der Waals surface area contributed by atoms with E-state index in [-0.39, 0.29) is 5.97 Å². The predicted molar refractivity (Wildman–Crippen MR) is 68.1 cm³/mol. The maximum atomic E-state index is 11.1. The SMILES string of the molecule is COC(=O)CCc1c(N)[nH]c2cc(Cl)ccc12. The highest BCUT2D eigenvalue weighted by Crippen LogP contribution is 2.27. The van der Waals surface area contributed by atoms with E-state index in [9.17, 15) is 4.79 Å². The standard InChI is InChI=1S/C12H13ClN2O2/c1-17-11(16)5-4-9-8-3-2-7(13)6-10(8)15-12(9)14/h2-3,6,15H,4-5,14H2,1H3. The van der Waals surface area contributed by atoms with Crippen molar-refractivity contribution in [2.75, 3.05) is 12.8 Å². The van der Waals surface area contributed by atoms with Crippen LogP contribution in [0.1, 0.15) is 12.0 Å². The first kappa shape index (κ1) is 11.8. The molecule has 4 nitrogen and oxygen atoms in total. The van der Waals surface area contributed by atoms with E-state index in [1.807, 2.05) is 12.1 Å². The fourth-order valence-electron chi connectivity index (χ4n) is 1.85. The molecule has 0 aliphatic carbocycles.